The molecule has 2 aromatic heterocycles. The number of hydrogen-bond donors (Lipinski definition) is 0. The maximum absolute atomic E-state index is 5.33. The zero-order valence-electron chi connectivity index (χ0n) is 8.32. The number of hydrogen-bond acceptors (Lipinski definition) is 4. The molecule has 1 aromatic carbocycles. The van der Waals surface area contributed by atoms with Crippen molar-refractivity contribution in [2.75, 3.05) is 0 Å². The van der Waals surface area contributed by atoms with Gasteiger partial charge in [-0.1, -0.05) is 12.1 Å². The zero-order valence-corrected chi connectivity index (χ0v) is 8.32. The molecule has 0 amide bonds. The van der Waals surface area contributed by atoms with Crippen LogP contribution >= 0.6 is 0 Å². The van der Waals surface area contributed by atoms with Gasteiger partial charge in [-0.25, -0.2) is 4.68 Å². The summed E-state index contributed by atoms with van der Waals surface area (Å²) in [6, 6.07) is 11.6. The Balaban J connectivity index is 2.07. The molecule has 0 spiro atoms. The van der Waals surface area contributed by atoms with E-state index in [1.807, 2.05) is 36.4 Å². The topological polar surface area (TPSA) is 56.7 Å². The molecule has 0 aliphatic heterocycles. The first-order valence-electron chi connectivity index (χ1n) is 4.81. The number of benzene rings is 1. The Kier molecular flexibility index (Phi) is 2.00. The van der Waals surface area contributed by atoms with Crippen LogP contribution in [-0.4, -0.2) is 20.2 Å². The molecule has 0 radical (unpaired) electrons. The maximum Gasteiger partial charge on any atom is 0.143 e. The molecule has 16 heavy (non-hydrogen) atoms. The normalized spacial score (nSPS) is 10.5. The number of rotatable bonds is 2. The highest BCUT2D eigenvalue weighted by atomic mass is 16.3. The van der Waals surface area contributed by atoms with E-state index < -0.39 is 0 Å². The van der Waals surface area contributed by atoms with Gasteiger partial charge in [-0.05, 0) is 34.7 Å². The van der Waals surface area contributed by atoms with Crippen molar-refractivity contribution in [3.8, 4) is 17.0 Å². The molecule has 0 unspecified atom stereocenters. The number of tetrazole rings is 1. The molecule has 0 atom stereocenters. The molecule has 0 aliphatic rings. The predicted octanol–water partition coefficient (Wildman–Crippen LogP) is 1.92. The fraction of sp³-hybridized carbons (Fsp3) is 0. The number of nitrogens with zero attached hydrogens (tertiary/aromatic N) is 4. The second-order valence-corrected chi connectivity index (χ2v) is 3.28. The Morgan fingerprint density at radius 3 is 2.88 bits per heavy atom. The summed E-state index contributed by atoms with van der Waals surface area (Å²) >= 11 is 0. The molecule has 3 aromatic rings. The van der Waals surface area contributed by atoms with Gasteiger partial charge in [0.05, 0.1) is 12.0 Å². The van der Waals surface area contributed by atoms with E-state index in [1.54, 1.807) is 17.3 Å². The van der Waals surface area contributed by atoms with E-state index in [4.69, 9.17) is 4.42 Å². The first-order chi connectivity index (χ1) is 7.93. The summed E-state index contributed by atoms with van der Waals surface area (Å²) in [5, 5.41) is 11.0. The van der Waals surface area contributed by atoms with Gasteiger partial charge < -0.3 is 4.42 Å². The monoisotopic (exact) mass is 212 g/mol. The Hall–Kier alpha value is -2.43. The van der Waals surface area contributed by atoms with Crippen LogP contribution in [0.5, 0.6) is 0 Å². The average molecular weight is 212 g/mol. The van der Waals surface area contributed by atoms with Crippen molar-refractivity contribution in [2.24, 2.45) is 0 Å². The highest BCUT2D eigenvalue weighted by molar-refractivity contribution is 5.60. The first kappa shape index (κ1) is 8.84. The van der Waals surface area contributed by atoms with Crippen molar-refractivity contribution < 1.29 is 4.42 Å². The van der Waals surface area contributed by atoms with Gasteiger partial charge in [0.2, 0.25) is 0 Å². The third kappa shape index (κ3) is 1.48. The lowest BCUT2D eigenvalue weighted by Crippen LogP contribution is -1.94. The molecule has 78 valence electrons. The minimum Gasteiger partial charge on any atom is -0.464 e. The SMILES string of the molecule is c1cc(-c2ccco2)cc(-n2cnnn2)c1. The van der Waals surface area contributed by atoms with Crippen LogP contribution in [-0.2, 0) is 0 Å². The van der Waals surface area contributed by atoms with Crippen LogP contribution in [0.4, 0.5) is 0 Å². The molecular weight excluding hydrogens is 204 g/mol. The fourth-order valence-corrected chi connectivity index (χ4v) is 1.52. The zero-order chi connectivity index (χ0) is 10.8. The molecule has 2 heterocycles. The first-order valence-corrected chi connectivity index (χ1v) is 4.81. The van der Waals surface area contributed by atoms with E-state index in [0.29, 0.717) is 0 Å². The second kappa shape index (κ2) is 3.62. The Morgan fingerprint density at radius 2 is 2.12 bits per heavy atom. The van der Waals surface area contributed by atoms with Crippen molar-refractivity contribution in [3.63, 3.8) is 0 Å². The molecule has 0 fully saturated rings. The van der Waals surface area contributed by atoms with Crippen LogP contribution in [0.1, 0.15) is 0 Å². The summed E-state index contributed by atoms with van der Waals surface area (Å²) in [6.45, 7) is 0. The summed E-state index contributed by atoms with van der Waals surface area (Å²) in [4.78, 5) is 0. The Morgan fingerprint density at radius 1 is 1.12 bits per heavy atom. The van der Waals surface area contributed by atoms with Crippen molar-refractivity contribution >= 4 is 0 Å². The number of aromatic nitrogens is 4. The van der Waals surface area contributed by atoms with Gasteiger partial charge in [-0.3, -0.25) is 0 Å². The largest absolute Gasteiger partial charge is 0.464 e. The van der Waals surface area contributed by atoms with Crippen LogP contribution in [0.2, 0.25) is 0 Å². The molecule has 3 rings (SSSR count). The minimum absolute atomic E-state index is 0.829. The van der Waals surface area contributed by atoms with Crippen molar-refractivity contribution in [1.82, 2.24) is 20.2 Å². The third-order valence-electron chi connectivity index (χ3n) is 2.27. The highest BCUT2D eigenvalue weighted by Gasteiger charge is 2.03. The molecule has 0 aliphatic carbocycles. The van der Waals surface area contributed by atoms with Crippen LogP contribution in [0, 0.1) is 0 Å². The average Bonchev–Trinajstić information content (AvgIpc) is 3.03. The fourth-order valence-electron chi connectivity index (χ4n) is 1.52. The molecule has 0 saturated carbocycles. The van der Waals surface area contributed by atoms with Crippen LogP contribution in [0.25, 0.3) is 17.0 Å². The van der Waals surface area contributed by atoms with Gasteiger partial charge in [-0.2, -0.15) is 0 Å². The molecule has 0 saturated heterocycles. The summed E-state index contributed by atoms with van der Waals surface area (Å²) < 4.78 is 6.93. The summed E-state index contributed by atoms with van der Waals surface area (Å²) in [7, 11) is 0. The van der Waals surface area contributed by atoms with Gasteiger partial charge >= 0.3 is 0 Å². The van der Waals surface area contributed by atoms with E-state index in [9.17, 15) is 0 Å². The van der Waals surface area contributed by atoms with E-state index in [1.165, 1.54) is 0 Å². The summed E-state index contributed by atoms with van der Waals surface area (Å²) in [5.41, 5.74) is 1.90. The van der Waals surface area contributed by atoms with Crippen molar-refractivity contribution in [3.05, 3.63) is 49.0 Å². The van der Waals surface area contributed by atoms with Crippen LogP contribution < -0.4 is 0 Å². The Labute approximate surface area is 91.3 Å². The van der Waals surface area contributed by atoms with Crippen molar-refractivity contribution in [2.45, 2.75) is 0 Å². The summed E-state index contributed by atoms with van der Waals surface area (Å²) in [6.07, 6.45) is 3.21. The van der Waals surface area contributed by atoms with Gasteiger partial charge in [0.25, 0.3) is 0 Å². The third-order valence-corrected chi connectivity index (χ3v) is 2.27. The molecule has 5 heteroatoms. The van der Waals surface area contributed by atoms with E-state index in [-0.39, 0.29) is 0 Å². The second-order valence-electron chi connectivity index (χ2n) is 3.28. The van der Waals surface area contributed by atoms with Gasteiger partial charge in [-0.15, -0.1) is 5.10 Å². The van der Waals surface area contributed by atoms with E-state index in [0.717, 1.165) is 17.0 Å². The quantitative estimate of drug-likeness (QED) is 0.651. The lowest BCUT2D eigenvalue weighted by Gasteiger charge is -2.01. The van der Waals surface area contributed by atoms with Crippen LogP contribution in [0.15, 0.2) is 53.4 Å². The van der Waals surface area contributed by atoms with E-state index in [2.05, 4.69) is 15.5 Å². The molecular formula is C11H8N4O. The number of furan rings is 1. The van der Waals surface area contributed by atoms with Gasteiger partial charge in [0.1, 0.15) is 12.1 Å². The predicted molar refractivity (Wildman–Crippen MR) is 56.9 cm³/mol. The molecule has 0 bridgehead atoms. The minimum atomic E-state index is 0.829. The lowest BCUT2D eigenvalue weighted by molar-refractivity contribution is 0.582. The van der Waals surface area contributed by atoms with Crippen LogP contribution in [0.3, 0.4) is 0 Å². The Bertz CT molecular complexity index is 522. The van der Waals surface area contributed by atoms with E-state index >= 15 is 0 Å². The summed E-state index contributed by atoms with van der Waals surface area (Å²) in [5.74, 6) is 0.829. The maximum atomic E-state index is 5.33. The lowest BCUT2D eigenvalue weighted by atomic mass is 10.1. The molecule has 5 nitrogen and oxygen atoms in total. The van der Waals surface area contributed by atoms with Crippen molar-refractivity contribution in [1.29, 1.82) is 0 Å². The smallest absolute Gasteiger partial charge is 0.143 e. The highest BCUT2D eigenvalue weighted by Crippen LogP contribution is 2.21. The standard InChI is InChI=1S/C11H8N4O/c1-3-9(11-5-2-6-16-11)7-10(4-1)15-8-12-13-14-15/h1-8H. The molecule has 0 N–H and O–H groups in total. The van der Waals surface area contributed by atoms with Gasteiger partial charge in [0.15, 0.2) is 0 Å². The van der Waals surface area contributed by atoms with Gasteiger partial charge in [0, 0.05) is 5.56 Å².